The van der Waals surface area contributed by atoms with Gasteiger partial charge in [0, 0.05) is 13.5 Å². The van der Waals surface area contributed by atoms with Crippen LogP contribution in [-0.2, 0) is 23.9 Å². The molecule has 18 heavy (non-hydrogen) atoms. The number of amides is 1. The molecule has 102 valence electrons. The van der Waals surface area contributed by atoms with E-state index in [0.717, 1.165) is 0 Å². The predicted molar refractivity (Wildman–Crippen MR) is 59.3 cm³/mol. The van der Waals surface area contributed by atoms with Gasteiger partial charge in [-0.2, -0.15) is 0 Å². The maximum absolute atomic E-state index is 11.8. The number of aliphatic hydroxyl groups excluding tert-OH is 1. The van der Waals surface area contributed by atoms with E-state index in [-0.39, 0.29) is 26.3 Å². The first-order chi connectivity index (χ1) is 8.47. The number of rotatable bonds is 5. The highest BCUT2D eigenvalue weighted by Crippen LogP contribution is 2.20. The quantitative estimate of drug-likeness (QED) is 0.499. The fourth-order valence-electron chi connectivity index (χ4n) is 1.77. The van der Waals surface area contributed by atoms with E-state index >= 15 is 0 Å². The second-order valence-corrected chi connectivity index (χ2v) is 3.92. The fourth-order valence-corrected chi connectivity index (χ4v) is 1.77. The van der Waals surface area contributed by atoms with Crippen LogP contribution in [0, 0.1) is 5.92 Å². The Bertz CT molecular complexity index is 342. The highest BCUT2D eigenvalue weighted by molar-refractivity contribution is 6.00. The van der Waals surface area contributed by atoms with E-state index in [1.54, 1.807) is 6.92 Å². The Balaban J connectivity index is 2.52. The lowest BCUT2D eigenvalue weighted by atomic mass is 10.1. The van der Waals surface area contributed by atoms with Gasteiger partial charge in [0.05, 0.1) is 19.3 Å². The number of carbonyl (C=O) groups is 3. The lowest BCUT2D eigenvalue weighted by molar-refractivity contribution is -0.155. The zero-order valence-electron chi connectivity index (χ0n) is 10.4. The van der Waals surface area contributed by atoms with Crippen molar-refractivity contribution in [2.75, 3.05) is 26.3 Å². The average Bonchev–Trinajstić information content (AvgIpc) is 2.54. The Kier molecular flexibility index (Phi) is 5.08. The Morgan fingerprint density at radius 1 is 1.44 bits per heavy atom. The average molecular weight is 259 g/mol. The number of β-amino-alcohol motifs (C(OH)–C–C–N with tert-alkyl or cyclic N) is 1. The first-order valence-electron chi connectivity index (χ1n) is 5.74. The lowest BCUT2D eigenvalue weighted by Gasteiger charge is -2.15. The van der Waals surface area contributed by atoms with Gasteiger partial charge in [-0.15, -0.1) is 0 Å². The number of aliphatic hydroxyl groups is 1. The van der Waals surface area contributed by atoms with Crippen LogP contribution in [0.1, 0.15) is 13.8 Å². The zero-order chi connectivity index (χ0) is 13.7. The molecule has 1 aliphatic heterocycles. The fraction of sp³-hybridized carbons (Fsp3) is 0.727. The summed E-state index contributed by atoms with van der Waals surface area (Å²) < 4.78 is 9.43. The topological polar surface area (TPSA) is 93.1 Å². The number of hydrogen-bond acceptors (Lipinski definition) is 6. The van der Waals surface area contributed by atoms with Crippen molar-refractivity contribution >= 4 is 17.8 Å². The molecular formula is C11H17NO6. The largest absolute Gasteiger partial charge is 0.465 e. The molecule has 0 aliphatic carbocycles. The number of nitrogens with zero attached hydrogens (tertiary/aromatic N) is 1. The molecule has 0 bridgehead atoms. The van der Waals surface area contributed by atoms with Crippen molar-refractivity contribution in [3.05, 3.63) is 0 Å². The summed E-state index contributed by atoms with van der Waals surface area (Å²) in [6.07, 6.45) is -1.08. The van der Waals surface area contributed by atoms with Gasteiger partial charge in [-0.25, -0.2) is 0 Å². The van der Waals surface area contributed by atoms with Gasteiger partial charge in [-0.3, -0.25) is 14.4 Å². The molecule has 0 radical (unpaired) electrons. The van der Waals surface area contributed by atoms with Crippen molar-refractivity contribution in [2.24, 2.45) is 5.92 Å². The van der Waals surface area contributed by atoms with Crippen LogP contribution in [0.2, 0.25) is 0 Å². The molecule has 0 unspecified atom stereocenters. The van der Waals surface area contributed by atoms with Gasteiger partial charge in [0.2, 0.25) is 5.91 Å². The number of likely N-dealkylation sites (tertiary alicyclic amines) is 1. The number of hydrogen-bond donors (Lipinski definition) is 1. The monoisotopic (exact) mass is 259 g/mol. The third-order valence-corrected chi connectivity index (χ3v) is 2.58. The molecule has 1 fully saturated rings. The summed E-state index contributed by atoms with van der Waals surface area (Å²) in [6, 6.07) is 0. The van der Waals surface area contributed by atoms with Crippen molar-refractivity contribution in [3.8, 4) is 0 Å². The van der Waals surface area contributed by atoms with Gasteiger partial charge in [0.15, 0.2) is 5.92 Å². The standard InChI is InChI=1S/C11H17NO6/c1-3-17-11(16)9-8(14)6-12(10(9)15)4-5-18-7(2)13/h8-9,14H,3-6H2,1-2H3/t8-,9-/m1/s1. The van der Waals surface area contributed by atoms with E-state index in [1.807, 2.05) is 0 Å². The van der Waals surface area contributed by atoms with Gasteiger partial charge >= 0.3 is 11.9 Å². The Morgan fingerprint density at radius 3 is 2.67 bits per heavy atom. The maximum atomic E-state index is 11.8. The Hall–Kier alpha value is -1.63. The molecule has 1 rings (SSSR count). The molecule has 0 aromatic rings. The minimum Gasteiger partial charge on any atom is -0.465 e. The van der Waals surface area contributed by atoms with E-state index < -0.39 is 29.9 Å². The maximum Gasteiger partial charge on any atom is 0.321 e. The second kappa shape index (κ2) is 6.34. The van der Waals surface area contributed by atoms with Crippen LogP contribution in [0.5, 0.6) is 0 Å². The lowest BCUT2D eigenvalue weighted by Crippen LogP contribution is -2.34. The van der Waals surface area contributed by atoms with Crippen LogP contribution in [0.25, 0.3) is 0 Å². The van der Waals surface area contributed by atoms with Gasteiger partial charge in [0.1, 0.15) is 6.61 Å². The third kappa shape index (κ3) is 3.43. The van der Waals surface area contributed by atoms with Crippen molar-refractivity contribution in [3.63, 3.8) is 0 Å². The van der Waals surface area contributed by atoms with Gasteiger partial charge < -0.3 is 19.5 Å². The molecule has 0 aromatic carbocycles. The van der Waals surface area contributed by atoms with Crippen LogP contribution in [0.3, 0.4) is 0 Å². The van der Waals surface area contributed by atoms with E-state index in [4.69, 9.17) is 9.47 Å². The van der Waals surface area contributed by atoms with Gasteiger partial charge in [-0.1, -0.05) is 0 Å². The van der Waals surface area contributed by atoms with Crippen LogP contribution < -0.4 is 0 Å². The minimum absolute atomic E-state index is 0.0450. The van der Waals surface area contributed by atoms with Gasteiger partial charge in [0.25, 0.3) is 0 Å². The van der Waals surface area contributed by atoms with Crippen molar-refractivity contribution < 1.29 is 29.0 Å². The van der Waals surface area contributed by atoms with Crippen molar-refractivity contribution in [1.82, 2.24) is 4.90 Å². The van der Waals surface area contributed by atoms with Gasteiger partial charge in [-0.05, 0) is 6.92 Å². The van der Waals surface area contributed by atoms with Crippen LogP contribution in [0.15, 0.2) is 0 Å². The molecular weight excluding hydrogens is 242 g/mol. The zero-order valence-corrected chi connectivity index (χ0v) is 10.4. The number of carbonyl (C=O) groups excluding carboxylic acids is 3. The molecule has 7 nitrogen and oxygen atoms in total. The summed E-state index contributed by atoms with van der Waals surface area (Å²) in [5, 5.41) is 9.66. The summed E-state index contributed by atoms with van der Waals surface area (Å²) in [4.78, 5) is 35.2. The van der Waals surface area contributed by atoms with Crippen LogP contribution in [-0.4, -0.2) is 60.3 Å². The van der Waals surface area contributed by atoms with Crippen molar-refractivity contribution in [1.29, 1.82) is 0 Å². The first kappa shape index (κ1) is 14.4. The number of esters is 2. The van der Waals surface area contributed by atoms with E-state index in [2.05, 4.69) is 0 Å². The first-order valence-corrected chi connectivity index (χ1v) is 5.74. The summed E-state index contributed by atoms with van der Waals surface area (Å²) in [6.45, 7) is 3.30. The normalized spacial score (nSPS) is 23.1. The van der Waals surface area contributed by atoms with Crippen LogP contribution in [0.4, 0.5) is 0 Å². The highest BCUT2D eigenvalue weighted by atomic mass is 16.5. The third-order valence-electron chi connectivity index (χ3n) is 2.58. The van der Waals surface area contributed by atoms with Crippen LogP contribution >= 0.6 is 0 Å². The summed E-state index contributed by atoms with van der Waals surface area (Å²) in [7, 11) is 0. The smallest absolute Gasteiger partial charge is 0.321 e. The summed E-state index contributed by atoms with van der Waals surface area (Å²) >= 11 is 0. The minimum atomic E-state index is -1.16. The van der Waals surface area contributed by atoms with Crippen molar-refractivity contribution in [2.45, 2.75) is 20.0 Å². The molecule has 0 saturated carbocycles. The predicted octanol–water partition coefficient (Wildman–Crippen LogP) is -1.07. The molecule has 1 N–H and O–H groups in total. The molecule has 0 aromatic heterocycles. The number of ether oxygens (including phenoxy) is 2. The highest BCUT2D eigenvalue weighted by Gasteiger charge is 2.45. The van der Waals surface area contributed by atoms with E-state index in [0.29, 0.717) is 0 Å². The molecule has 7 heteroatoms. The Morgan fingerprint density at radius 2 is 2.11 bits per heavy atom. The Labute approximate surface area is 105 Å². The summed E-state index contributed by atoms with van der Waals surface area (Å²) in [5.74, 6) is -2.82. The SMILES string of the molecule is CCOC(=O)[C@H]1C(=O)N(CCOC(C)=O)C[C@H]1O. The summed E-state index contributed by atoms with van der Waals surface area (Å²) in [5.41, 5.74) is 0. The molecule has 1 aliphatic rings. The van der Waals surface area contributed by atoms with E-state index in [9.17, 15) is 19.5 Å². The molecule has 1 heterocycles. The molecule has 1 amide bonds. The molecule has 0 spiro atoms. The van der Waals surface area contributed by atoms with E-state index in [1.165, 1.54) is 11.8 Å². The molecule has 1 saturated heterocycles. The second-order valence-electron chi connectivity index (χ2n) is 3.92. The molecule has 2 atom stereocenters.